The second-order valence-electron chi connectivity index (χ2n) is 7.21. The standard InChI is InChI=1S/C21H22N8O2S2/c30-16(10-14-6-2-1-3-7-14)24-20-28-26-18(32-20)8-4-5-9-19-27-29-21(33-19)25-17(31)11-15-12-22-13-23-15/h1-3,6-7,12-13H,4-5,8-11H2,(H,22,23)(H,24,28,30)(H,25,29,31). The summed E-state index contributed by atoms with van der Waals surface area (Å²) in [5.41, 5.74) is 1.63. The van der Waals surface area contributed by atoms with E-state index in [0.29, 0.717) is 22.4 Å². The van der Waals surface area contributed by atoms with Crippen LogP contribution in [-0.2, 0) is 35.3 Å². The Labute approximate surface area is 197 Å². The Balaban J connectivity index is 1.14. The summed E-state index contributed by atoms with van der Waals surface area (Å²) in [7, 11) is 0. The molecule has 10 nitrogen and oxygen atoms in total. The number of nitrogens with one attached hydrogen (secondary N) is 3. The molecule has 4 aromatic rings. The van der Waals surface area contributed by atoms with E-state index in [1.165, 1.54) is 29.0 Å². The number of aromatic amines is 1. The minimum atomic E-state index is -0.173. The molecule has 0 aliphatic rings. The first kappa shape index (κ1) is 22.7. The van der Waals surface area contributed by atoms with Gasteiger partial charge in [-0.3, -0.25) is 9.59 Å². The van der Waals surface area contributed by atoms with Gasteiger partial charge >= 0.3 is 0 Å². The first-order valence-corrected chi connectivity index (χ1v) is 12.0. The quantitative estimate of drug-likeness (QED) is 0.279. The highest BCUT2D eigenvalue weighted by molar-refractivity contribution is 7.15. The number of hydrogen-bond acceptors (Lipinski definition) is 9. The highest BCUT2D eigenvalue weighted by Crippen LogP contribution is 2.20. The molecule has 0 atom stereocenters. The maximum Gasteiger partial charge on any atom is 0.232 e. The molecular weight excluding hydrogens is 460 g/mol. The zero-order chi connectivity index (χ0) is 22.9. The molecule has 3 N–H and O–H groups in total. The summed E-state index contributed by atoms with van der Waals surface area (Å²) < 4.78 is 0. The number of unbranched alkanes of at least 4 members (excludes halogenated alkanes) is 1. The fourth-order valence-electron chi connectivity index (χ4n) is 3.02. The number of carbonyl (C=O) groups excluding carboxylic acids is 2. The lowest BCUT2D eigenvalue weighted by atomic mass is 10.1. The molecule has 1 aromatic carbocycles. The van der Waals surface area contributed by atoms with Crippen molar-refractivity contribution in [3.63, 3.8) is 0 Å². The molecule has 3 aromatic heterocycles. The van der Waals surface area contributed by atoms with Gasteiger partial charge in [-0.15, -0.1) is 20.4 Å². The number of H-pyrrole nitrogens is 1. The molecule has 12 heteroatoms. The third-order valence-electron chi connectivity index (χ3n) is 4.56. The molecule has 3 heterocycles. The minimum absolute atomic E-state index is 0.104. The van der Waals surface area contributed by atoms with Gasteiger partial charge in [0.2, 0.25) is 22.1 Å². The molecule has 0 unspecified atom stereocenters. The van der Waals surface area contributed by atoms with Gasteiger partial charge in [-0.25, -0.2) is 4.98 Å². The summed E-state index contributed by atoms with van der Waals surface area (Å²) in [5.74, 6) is -0.278. The number of carbonyl (C=O) groups is 2. The van der Waals surface area contributed by atoms with Crippen molar-refractivity contribution in [3.05, 3.63) is 64.1 Å². The van der Waals surface area contributed by atoms with Crippen LogP contribution in [0, 0.1) is 0 Å². The molecule has 0 radical (unpaired) electrons. The topological polar surface area (TPSA) is 138 Å². The van der Waals surface area contributed by atoms with Crippen molar-refractivity contribution >= 4 is 44.8 Å². The third-order valence-corrected chi connectivity index (χ3v) is 6.36. The zero-order valence-electron chi connectivity index (χ0n) is 17.7. The van der Waals surface area contributed by atoms with E-state index in [0.717, 1.165) is 41.3 Å². The molecule has 0 spiro atoms. The molecule has 0 saturated carbocycles. The van der Waals surface area contributed by atoms with E-state index in [-0.39, 0.29) is 18.2 Å². The van der Waals surface area contributed by atoms with Gasteiger partial charge in [-0.1, -0.05) is 53.0 Å². The number of aromatic nitrogens is 6. The average molecular weight is 483 g/mol. The predicted molar refractivity (Wildman–Crippen MR) is 126 cm³/mol. The van der Waals surface area contributed by atoms with Gasteiger partial charge < -0.3 is 15.6 Å². The highest BCUT2D eigenvalue weighted by Gasteiger charge is 2.11. The predicted octanol–water partition coefficient (Wildman–Crippen LogP) is 3.04. The van der Waals surface area contributed by atoms with Crippen LogP contribution >= 0.6 is 22.7 Å². The number of anilines is 2. The number of hydrogen-bond donors (Lipinski definition) is 3. The van der Waals surface area contributed by atoms with E-state index in [9.17, 15) is 9.59 Å². The van der Waals surface area contributed by atoms with Gasteiger partial charge in [0, 0.05) is 19.0 Å². The van der Waals surface area contributed by atoms with Crippen LogP contribution in [0.4, 0.5) is 10.3 Å². The lowest BCUT2D eigenvalue weighted by Gasteiger charge is -2.00. The maximum absolute atomic E-state index is 12.1. The van der Waals surface area contributed by atoms with E-state index < -0.39 is 0 Å². The van der Waals surface area contributed by atoms with Gasteiger partial charge in [0.25, 0.3) is 0 Å². The van der Waals surface area contributed by atoms with Crippen LogP contribution in [-0.4, -0.2) is 42.2 Å². The van der Waals surface area contributed by atoms with Crippen LogP contribution in [0.1, 0.15) is 34.1 Å². The molecule has 0 fully saturated rings. The van der Waals surface area contributed by atoms with Crippen LogP contribution in [0.25, 0.3) is 0 Å². The Morgan fingerprint density at radius 1 is 0.818 bits per heavy atom. The monoisotopic (exact) mass is 482 g/mol. The molecule has 0 bridgehead atoms. The summed E-state index contributed by atoms with van der Waals surface area (Å²) in [4.78, 5) is 31.0. The fourth-order valence-corrected chi connectivity index (χ4v) is 4.62. The van der Waals surface area contributed by atoms with Gasteiger partial charge in [0.1, 0.15) is 10.0 Å². The minimum Gasteiger partial charge on any atom is -0.351 e. The molecule has 0 aliphatic heterocycles. The van der Waals surface area contributed by atoms with E-state index in [1.54, 1.807) is 6.20 Å². The number of amides is 2. The number of imidazole rings is 1. The Morgan fingerprint density at radius 2 is 1.42 bits per heavy atom. The van der Waals surface area contributed by atoms with E-state index in [2.05, 4.69) is 41.0 Å². The lowest BCUT2D eigenvalue weighted by Crippen LogP contribution is -2.14. The number of nitrogens with zero attached hydrogens (tertiary/aromatic N) is 5. The second-order valence-corrected chi connectivity index (χ2v) is 9.33. The van der Waals surface area contributed by atoms with E-state index >= 15 is 0 Å². The van der Waals surface area contributed by atoms with Crippen molar-refractivity contribution in [2.24, 2.45) is 0 Å². The first-order chi connectivity index (χ1) is 16.1. The molecule has 2 amide bonds. The Morgan fingerprint density at radius 3 is 2.00 bits per heavy atom. The molecular formula is C21H22N8O2S2. The van der Waals surface area contributed by atoms with Crippen molar-refractivity contribution in [1.82, 2.24) is 30.4 Å². The molecule has 33 heavy (non-hydrogen) atoms. The summed E-state index contributed by atoms with van der Waals surface area (Å²) >= 11 is 2.77. The van der Waals surface area contributed by atoms with Crippen molar-refractivity contribution in [2.75, 3.05) is 10.6 Å². The number of benzene rings is 1. The van der Waals surface area contributed by atoms with Crippen molar-refractivity contribution in [3.8, 4) is 0 Å². The van der Waals surface area contributed by atoms with Crippen molar-refractivity contribution < 1.29 is 9.59 Å². The molecule has 170 valence electrons. The lowest BCUT2D eigenvalue weighted by molar-refractivity contribution is -0.116. The fraction of sp³-hybridized carbons (Fsp3) is 0.286. The van der Waals surface area contributed by atoms with Gasteiger partial charge in [-0.05, 0) is 18.4 Å². The van der Waals surface area contributed by atoms with Crippen LogP contribution in [0.2, 0.25) is 0 Å². The van der Waals surface area contributed by atoms with Crippen LogP contribution < -0.4 is 10.6 Å². The summed E-state index contributed by atoms with van der Waals surface area (Å²) in [5, 5.41) is 24.7. The Kier molecular flexibility index (Phi) is 7.82. The summed E-state index contributed by atoms with van der Waals surface area (Å²) in [6.07, 6.45) is 7.09. The van der Waals surface area contributed by atoms with Crippen molar-refractivity contribution in [1.29, 1.82) is 0 Å². The molecule has 0 aliphatic carbocycles. The smallest absolute Gasteiger partial charge is 0.232 e. The van der Waals surface area contributed by atoms with E-state index in [1.807, 2.05) is 30.3 Å². The van der Waals surface area contributed by atoms with E-state index in [4.69, 9.17) is 0 Å². The first-order valence-electron chi connectivity index (χ1n) is 10.4. The summed E-state index contributed by atoms with van der Waals surface area (Å²) in [6.45, 7) is 0. The van der Waals surface area contributed by atoms with Crippen LogP contribution in [0.5, 0.6) is 0 Å². The highest BCUT2D eigenvalue weighted by atomic mass is 32.1. The van der Waals surface area contributed by atoms with Crippen LogP contribution in [0.15, 0.2) is 42.9 Å². The Hall–Kier alpha value is -3.51. The second kappa shape index (κ2) is 11.4. The third kappa shape index (κ3) is 7.26. The summed E-state index contributed by atoms with van der Waals surface area (Å²) in [6, 6.07) is 9.58. The average Bonchev–Trinajstić information content (AvgIpc) is 3.55. The maximum atomic E-state index is 12.1. The SMILES string of the molecule is O=C(Cc1ccccc1)Nc1nnc(CCCCc2nnc(NC(=O)Cc3c[nH]cn3)s2)s1. The largest absolute Gasteiger partial charge is 0.351 e. The molecule has 0 saturated heterocycles. The van der Waals surface area contributed by atoms with Gasteiger partial charge in [-0.2, -0.15) is 0 Å². The van der Waals surface area contributed by atoms with Crippen LogP contribution in [0.3, 0.4) is 0 Å². The zero-order valence-corrected chi connectivity index (χ0v) is 19.3. The van der Waals surface area contributed by atoms with Gasteiger partial charge in [0.15, 0.2) is 0 Å². The number of aryl methyl sites for hydroxylation is 2. The molecule has 4 rings (SSSR count). The normalized spacial score (nSPS) is 10.8. The van der Waals surface area contributed by atoms with Crippen molar-refractivity contribution in [2.45, 2.75) is 38.5 Å². The van der Waals surface area contributed by atoms with Gasteiger partial charge in [0.05, 0.1) is 24.9 Å². The number of rotatable bonds is 11. The Bertz CT molecular complexity index is 1170.